The van der Waals surface area contributed by atoms with Gasteiger partial charge in [0.25, 0.3) is 0 Å². The number of aliphatic hydroxyl groups excluding tert-OH is 1. The number of pyridine rings is 1. The highest BCUT2D eigenvalue weighted by molar-refractivity contribution is 5.54. The first kappa shape index (κ1) is 11.1. The third-order valence-corrected chi connectivity index (χ3v) is 2.31. The summed E-state index contributed by atoms with van der Waals surface area (Å²) < 4.78 is 29.8. The van der Waals surface area contributed by atoms with Crippen LogP contribution in [0.2, 0.25) is 0 Å². The van der Waals surface area contributed by atoms with Gasteiger partial charge in [-0.3, -0.25) is 9.67 Å². The van der Waals surface area contributed by atoms with Gasteiger partial charge in [-0.25, -0.2) is 4.39 Å². The molecule has 0 aliphatic carbocycles. The lowest BCUT2D eigenvalue weighted by molar-refractivity contribution is 0.0556. The van der Waals surface area contributed by atoms with Gasteiger partial charge in [0.05, 0.1) is 39.0 Å². The lowest BCUT2D eigenvalue weighted by Crippen LogP contribution is -2.27. The zero-order valence-electron chi connectivity index (χ0n) is 12.6. The third-order valence-electron chi connectivity index (χ3n) is 2.31. The quantitative estimate of drug-likeness (QED) is 0.877. The molecule has 0 saturated carbocycles. The molecule has 2 aromatic rings. The third kappa shape index (κ3) is 3.36. The molecule has 2 heterocycles. The Kier molecular flexibility index (Phi) is 2.95. The zero-order chi connectivity index (χ0) is 15.8. The standard InChI is InChI=1S/C13H16FN3O2/c1-13(2,19)8-17-10(7-18)5-12(16-17)11-4-3-9(14)6-15-11/h3-6,18-19H,7-8H2,1-2H3/i8D2. The molecule has 0 aromatic carbocycles. The molecule has 2 rings (SSSR count). The van der Waals surface area contributed by atoms with Crippen molar-refractivity contribution in [3.8, 4) is 11.4 Å². The van der Waals surface area contributed by atoms with Crippen molar-refractivity contribution in [2.75, 3.05) is 0 Å². The lowest BCUT2D eigenvalue weighted by Gasteiger charge is -2.18. The molecule has 2 N–H and O–H groups in total. The molecule has 6 heteroatoms. The predicted molar refractivity (Wildman–Crippen MR) is 67.6 cm³/mol. The first-order valence-corrected chi connectivity index (χ1v) is 5.71. The Morgan fingerprint density at radius 3 is 2.68 bits per heavy atom. The molecule has 0 bridgehead atoms. The molecule has 0 radical (unpaired) electrons. The van der Waals surface area contributed by atoms with Crippen LogP contribution in [0, 0.1) is 5.82 Å². The van der Waals surface area contributed by atoms with Crippen molar-refractivity contribution in [2.45, 2.75) is 32.6 Å². The molecule has 2 aromatic heterocycles. The van der Waals surface area contributed by atoms with Gasteiger partial charge in [-0.1, -0.05) is 0 Å². The summed E-state index contributed by atoms with van der Waals surface area (Å²) in [6.45, 7) is -0.0650. The molecule has 0 amide bonds. The predicted octanol–water partition coefficient (Wildman–Crippen LogP) is 1.35. The highest BCUT2D eigenvalue weighted by Gasteiger charge is 2.18. The van der Waals surface area contributed by atoms with E-state index in [2.05, 4.69) is 10.1 Å². The van der Waals surface area contributed by atoms with E-state index in [0.717, 1.165) is 10.9 Å². The van der Waals surface area contributed by atoms with Crippen LogP contribution < -0.4 is 0 Å². The van der Waals surface area contributed by atoms with Gasteiger partial charge in [-0.15, -0.1) is 0 Å². The van der Waals surface area contributed by atoms with Crippen molar-refractivity contribution in [3.05, 3.63) is 35.9 Å². The normalized spacial score (nSPS) is 14.2. The second-order valence-electron chi connectivity index (χ2n) is 4.62. The highest BCUT2D eigenvalue weighted by Crippen LogP contribution is 2.19. The molecule has 102 valence electrons. The van der Waals surface area contributed by atoms with E-state index in [4.69, 9.17) is 2.74 Å². The molecule has 0 atom stereocenters. The Balaban J connectivity index is 2.52. The SMILES string of the molecule is [2H]C([2H])(n1nc(-c2ccc(F)cn2)cc1CO)C(C)(C)O. The number of hydrogen-bond donors (Lipinski definition) is 2. The summed E-state index contributed by atoms with van der Waals surface area (Å²) in [7, 11) is 0. The van der Waals surface area contributed by atoms with Gasteiger partial charge in [0, 0.05) is 0 Å². The summed E-state index contributed by atoms with van der Waals surface area (Å²) in [5.41, 5.74) is -0.900. The van der Waals surface area contributed by atoms with E-state index >= 15 is 0 Å². The first-order valence-electron chi connectivity index (χ1n) is 6.71. The van der Waals surface area contributed by atoms with Crippen molar-refractivity contribution in [2.24, 2.45) is 0 Å². The van der Waals surface area contributed by atoms with Gasteiger partial charge >= 0.3 is 0 Å². The molecule has 0 aliphatic heterocycles. The van der Waals surface area contributed by atoms with Crippen LogP contribution >= 0.6 is 0 Å². The summed E-state index contributed by atoms with van der Waals surface area (Å²) in [5, 5.41) is 23.4. The fourth-order valence-corrected chi connectivity index (χ4v) is 1.54. The molecule has 19 heavy (non-hydrogen) atoms. The maximum atomic E-state index is 12.9. The molecule has 0 unspecified atom stereocenters. The van der Waals surface area contributed by atoms with Crippen molar-refractivity contribution in [1.82, 2.24) is 14.8 Å². The molecular weight excluding hydrogens is 249 g/mol. The van der Waals surface area contributed by atoms with E-state index in [1.165, 1.54) is 32.0 Å². The molecule has 0 saturated heterocycles. The number of aromatic nitrogens is 3. The number of rotatable bonds is 4. The topological polar surface area (TPSA) is 71.2 Å². The van der Waals surface area contributed by atoms with E-state index in [1.807, 2.05) is 0 Å². The number of nitrogens with zero attached hydrogens (tertiary/aromatic N) is 3. The van der Waals surface area contributed by atoms with Gasteiger partial charge in [-0.2, -0.15) is 5.10 Å². The van der Waals surface area contributed by atoms with Gasteiger partial charge in [0.2, 0.25) is 0 Å². The Morgan fingerprint density at radius 1 is 1.42 bits per heavy atom. The number of aliphatic hydroxyl groups is 2. The number of hydrogen-bond acceptors (Lipinski definition) is 4. The van der Waals surface area contributed by atoms with E-state index < -0.39 is 24.5 Å². The molecular formula is C13H16FN3O2. The summed E-state index contributed by atoms with van der Waals surface area (Å²) in [5.74, 6) is -0.493. The summed E-state index contributed by atoms with van der Waals surface area (Å²) in [6, 6.07) is 4.07. The minimum atomic E-state index is -2.23. The van der Waals surface area contributed by atoms with Gasteiger partial charge in [-0.05, 0) is 32.0 Å². The minimum Gasteiger partial charge on any atom is -0.390 e. The molecule has 0 spiro atoms. The van der Waals surface area contributed by atoms with Crippen LogP contribution in [0.5, 0.6) is 0 Å². The van der Waals surface area contributed by atoms with Crippen molar-refractivity contribution < 1.29 is 17.3 Å². The Labute approximate surface area is 113 Å². The van der Waals surface area contributed by atoms with Crippen molar-refractivity contribution in [1.29, 1.82) is 0 Å². The first-order chi connectivity index (χ1) is 9.66. The zero-order valence-corrected chi connectivity index (χ0v) is 10.6. The van der Waals surface area contributed by atoms with Crippen LogP contribution in [-0.4, -0.2) is 30.6 Å². The van der Waals surface area contributed by atoms with Crippen LogP contribution in [0.25, 0.3) is 11.4 Å². The van der Waals surface area contributed by atoms with Crippen molar-refractivity contribution >= 4 is 0 Å². The molecule has 0 aliphatic rings. The lowest BCUT2D eigenvalue weighted by atomic mass is 10.1. The maximum Gasteiger partial charge on any atom is 0.141 e. The largest absolute Gasteiger partial charge is 0.390 e. The minimum absolute atomic E-state index is 0.184. The maximum absolute atomic E-state index is 12.9. The van der Waals surface area contributed by atoms with Crippen LogP contribution in [0.1, 0.15) is 22.3 Å². The van der Waals surface area contributed by atoms with E-state index in [9.17, 15) is 14.6 Å². The Morgan fingerprint density at radius 2 is 2.16 bits per heavy atom. The fraction of sp³-hybridized carbons (Fsp3) is 0.385. The monoisotopic (exact) mass is 267 g/mol. The number of halogens is 1. The van der Waals surface area contributed by atoms with Crippen LogP contribution in [0.3, 0.4) is 0 Å². The summed E-state index contributed by atoms with van der Waals surface area (Å²) in [4.78, 5) is 3.86. The van der Waals surface area contributed by atoms with Crippen molar-refractivity contribution in [3.63, 3.8) is 0 Å². The Bertz CT molecular complexity index is 636. The van der Waals surface area contributed by atoms with E-state index in [-0.39, 0.29) is 11.4 Å². The van der Waals surface area contributed by atoms with Crippen LogP contribution in [-0.2, 0) is 13.1 Å². The Hall–Kier alpha value is -1.79. The average Bonchev–Trinajstić information content (AvgIpc) is 2.83. The molecule has 0 fully saturated rings. The molecule has 5 nitrogen and oxygen atoms in total. The summed E-state index contributed by atoms with van der Waals surface area (Å²) in [6.07, 6.45) is 1.03. The van der Waals surface area contributed by atoms with Gasteiger partial charge < -0.3 is 10.2 Å². The highest BCUT2D eigenvalue weighted by atomic mass is 19.1. The van der Waals surface area contributed by atoms with Crippen LogP contribution in [0.4, 0.5) is 4.39 Å². The fourth-order valence-electron chi connectivity index (χ4n) is 1.54. The summed E-state index contributed by atoms with van der Waals surface area (Å²) >= 11 is 0. The van der Waals surface area contributed by atoms with Gasteiger partial charge in [0.15, 0.2) is 0 Å². The van der Waals surface area contributed by atoms with E-state index in [1.54, 1.807) is 0 Å². The van der Waals surface area contributed by atoms with Gasteiger partial charge in [0.1, 0.15) is 11.5 Å². The second-order valence-corrected chi connectivity index (χ2v) is 4.62. The average molecular weight is 267 g/mol. The smallest absolute Gasteiger partial charge is 0.141 e. The second kappa shape index (κ2) is 5.07. The van der Waals surface area contributed by atoms with Crippen LogP contribution in [0.15, 0.2) is 24.4 Å². The van der Waals surface area contributed by atoms with E-state index in [0.29, 0.717) is 5.69 Å².